The molecule has 0 spiro atoms. The topological polar surface area (TPSA) is 97.7 Å². The molecule has 1 saturated carbocycles. The molecule has 0 atom stereocenters. The van der Waals surface area contributed by atoms with Crippen LogP contribution >= 0.6 is 0 Å². The van der Waals surface area contributed by atoms with E-state index in [4.69, 9.17) is 9.29 Å². The van der Waals surface area contributed by atoms with E-state index in [1.54, 1.807) is 0 Å². The van der Waals surface area contributed by atoms with Crippen molar-refractivity contribution in [3.8, 4) is 0 Å². The van der Waals surface area contributed by atoms with Crippen LogP contribution in [-0.4, -0.2) is 44.9 Å². The minimum absolute atomic E-state index is 0.0122. The van der Waals surface area contributed by atoms with Crippen molar-refractivity contribution in [1.29, 1.82) is 0 Å². The Morgan fingerprint density at radius 1 is 1.04 bits per heavy atom. The maximum Gasteiger partial charge on any atom is 0.308 e. The third-order valence-corrected chi connectivity index (χ3v) is 5.88. The fourth-order valence-electron chi connectivity index (χ4n) is 3.43. The number of rotatable bonds is 9. The summed E-state index contributed by atoms with van der Waals surface area (Å²) >= 11 is 0. The Labute approximate surface area is 161 Å². The maximum absolute atomic E-state index is 12.4. The van der Waals surface area contributed by atoms with Crippen LogP contribution in [-0.2, 0) is 37.2 Å². The first-order valence-corrected chi connectivity index (χ1v) is 11.1. The Balaban J connectivity index is 1.70. The van der Waals surface area contributed by atoms with E-state index in [9.17, 15) is 18.0 Å². The Morgan fingerprint density at radius 2 is 1.59 bits per heavy atom. The zero-order valence-corrected chi connectivity index (χ0v) is 16.5. The number of hydrogen-bond donors (Lipinski definition) is 1. The van der Waals surface area contributed by atoms with Crippen LogP contribution in [0.2, 0.25) is 0 Å². The van der Waals surface area contributed by atoms with E-state index in [0.29, 0.717) is 32.1 Å². The molecular weight excluding hydrogens is 367 g/mol. The van der Waals surface area contributed by atoms with E-state index in [0.717, 1.165) is 18.3 Å². The van der Waals surface area contributed by atoms with Crippen LogP contribution in [0, 0.1) is 11.8 Å². The van der Waals surface area contributed by atoms with Crippen LogP contribution in [0.5, 0.6) is 0 Å². The summed E-state index contributed by atoms with van der Waals surface area (Å²) in [6.07, 6.45) is 4.72. The van der Waals surface area contributed by atoms with E-state index < -0.39 is 21.8 Å². The number of esters is 1. The number of Topliss-reactive ketones (excluding diaryl/α,β-unsaturated/α-hetero) is 1. The lowest BCUT2D eigenvalue weighted by atomic mass is 9.79. The van der Waals surface area contributed by atoms with Gasteiger partial charge in [0, 0.05) is 12.3 Å². The lowest BCUT2D eigenvalue weighted by Crippen LogP contribution is -2.28. The monoisotopic (exact) mass is 394 g/mol. The Kier molecular flexibility index (Phi) is 8.04. The van der Waals surface area contributed by atoms with Gasteiger partial charge >= 0.3 is 5.97 Å². The summed E-state index contributed by atoms with van der Waals surface area (Å²) in [5.41, 5.74) is 2.45. The van der Waals surface area contributed by atoms with Gasteiger partial charge in [0.2, 0.25) is 0 Å². The normalized spacial score (nSPS) is 20.2. The van der Waals surface area contributed by atoms with Gasteiger partial charge in [-0.05, 0) is 37.7 Å². The molecule has 1 aliphatic rings. The van der Waals surface area contributed by atoms with Gasteiger partial charge in [-0.25, -0.2) is 0 Å². The zero-order chi connectivity index (χ0) is 19.9. The molecule has 6 nitrogen and oxygen atoms in total. The van der Waals surface area contributed by atoms with Crippen molar-refractivity contribution in [2.24, 2.45) is 11.8 Å². The molecule has 1 aliphatic carbocycles. The van der Waals surface area contributed by atoms with Crippen LogP contribution in [0.1, 0.15) is 43.2 Å². The van der Waals surface area contributed by atoms with Crippen molar-refractivity contribution in [3.63, 3.8) is 0 Å². The number of benzene rings is 1. The Bertz CT molecular complexity index is 736. The molecule has 148 valence electrons. The highest BCUT2D eigenvalue weighted by Gasteiger charge is 2.30. The van der Waals surface area contributed by atoms with Crippen molar-refractivity contribution in [2.75, 3.05) is 12.4 Å². The third-order valence-electron chi connectivity index (χ3n) is 5.19. The fraction of sp³-hybridized carbons (Fsp3) is 0.579. The molecule has 1 fully saturated rings. The number of ether oxygens (including phenoxy) is 1. The van der Waals surface area contributed by atoms with E-state index >= 15 is 0 Å². The minimum Gasteiger partial charge on any atom is -0.464 e. The average Bonchev–Trinajstić information content (AvgIpc) is 2.65. The number of ketones is 1. The summed E-state index contributed by atoms with van der Waals surface area (Å²) in [5, 5.41) is 0. The largest absolute Gasteiger partial charge is 0.464 e. The summed E-state index contributed by atoms with van der Waals surface area (Å²) in [6.45, 7) is -0.340. The second kappa shape index (κ2) is 10.0. The lowest BCUT2D eigenvalue weighted by molar-refractivity contribution is -0.150. The summed E-state index contributed by atoms with van der Waals surface area (Å²) in [5.74, 6) is -1.10. The fourth-order valence-corrected chi connectivity index (χ4v) is 3.72. The zero-order valence-electron chi connectivity index (χ0n) is 15.7. The Hall–Kier alpha value is -1.67. The number of aryl methyl sites for hydroxylation is 1. The van der Waals surface area contributed by atoms with E-state index in [1.165, 1.54) is 5.56 Å². The summed E-state index contributed by atoms with van der Waals surface area (Å²) in [7, 11) is -2.02. The van der Waals surface area contributed by atoms with Crippen LogP contribution in [0.15, 0.2) is 24.3 Å². The van der Waals surface area contributed by atoms with Gasteiger partial charge in [0.25, 0.3) is 10.1 Å². The average molecular weight is 394 g/mol. The number of hydrogen-bond acceptors (Lipinski definition) is 5. The summed E-state index contributed by atoms with van der Waals surface area (Å²) in [4.78, 5) is 24.4. The van der Waals surface area contributed by atoms with Crippen LogP contribution in [0.25, 0.3) is 0 Å². The van der Waals surface area contributed by atoms with E-state index in [2.05, 4.69) is 32.1 Å². The molecular formula is C19H27BO6S. The highest BCUT2D eigenvalue weighted by Crippen LogP contribution is 2.31. The second-order valence-electron chi connectivity index (χ2n) is 7.14. The van der Waals surface area contributed by atoms with Crippen molar-refractivity contribution >= 4 is 29.7 Å². The minimum atomic E-state index is -4.13. The highest BCUT2D eigenvalue weighted by molar-refractivity contribution is 7.85. The van der Waals surface area contributed by atoms with Gasteiger partial charge in [0.05, 0.1) is 5.92 Å². The van der Waals surface area contributed by atoms with Crippen molar-refractivity contribution in [1.82, 2.24) is 0 Å². The van der Waals surface area contributed by atoms with E-state index in [1.807, 2.05) is 0 Å². The molecule has 1 N–H and O–H groups in total. The van der Waals surface area contributed by atoms with Crippen molar-refractivity contribution in [3.05, 3.63) is 35.4 Å². The highest BCUT2D eigenvalue weighted by atomic mass is 32.2. The van der Waals surface area contributed by atoms with Gasteiger partial charge in [-0.2, -0.15) is 8.42 Å². The first kappa shape index (κ1) is 21.6. The van der Waals surface area contributed by atoms with Gasteiger partial charge in [0.1, 0.15) is 26.0 Å². The standard InChI is InChI=1S/C19H27BO6S/c20-13-15-3-1-14(2-4-15)5-10-18(21)16-6-8-17(9-7-16)19(22)26-11-12-27(23,24)25/h1-4,16-17H,5-13,20H2,(H,23,24,25). The lowest BCUT2D eigenvalue weighted by Gasteiger charge is -2.26. The first-order valence-electron chi connectivity index (χ1n) is 9.51. The van der Waals surface area contributed by atoms with Gasteiger partial charge in [-0.3, -0.25) is 14.1 Å². The molecule has 8 heteroatoms. The number of carbonyl (C=O) groups is 2. The molecule has 0 unspecified atom stereocenters. The van der Waals surface area contributed by atoms with E-state index in [-0.39, 0.29) is 24.2 Å². The molecule has 0 aliphatic heterocycles. The molecule has 0 bridgehead atoms. The predicted octanol–water partition coefficient (Wildman–Crippen LogP) is 1.56. The maximum atomic E-state index is 12.4. The molecule has 1 aromatic carbocycles. The third kappa shape index (κ3) is 7.46. The van der Waals surface area contributed by atoms with Gasteiger partial charge in [-0.15, -0.1) is 0 Å². The van der Waals surface area contributed by atoms with Crippen molar-refractivity contribution < 1.29 is 27.3 Å². The molecule has 0 saturated heterocycles. The molecule has 1 aromatic rings. The van der Waals surface area contributed by atoms with Crippen molar-refractivity contribution in [2.45, 2.75) is 44.8 Å². The quantitative estimate of drug-likeness (QED) is 0.388. The smallest absolute Gasteiger partial charge is 0.308 e. The Morgan fingerprint density at radius 3 is 2.15 bits per heavy atom. The molecule has 0 aromatic heterocycles. The SMILES string of the molecule is BCc1ccc(CCC(=O)C2CCC(C(=O)OCCS(=O)(=O)O)CC2)cc1. The summed E-state index contributed by atoms with van der Waals surface area (Å²) < 4.78 is 34.8. The van der Waals surface area contributed by atoms with Gasteiger partial charge < -0.3 is 4.74 Å². The molecule has 2 rings (SSSR count). The molecule has 0 amide bonds. The molecule has 27 heavy (non-hydrogen) atoms. The van der Waals surface area contributed by atoms with Gasteiger partial charge in [-0.1, -0.05) is 36.1 Å². The first-order chi connectivity index (χ1) is 12.8. The molecule has 0 heterocycles. The van der Waals surface area contributed by atoms with Crippen LogP contribution in [0.3, 0.4) is 0 Å². The number of carbonyl (C=O) groups excluding carboxylic acids is 2. The summed E-state index contributed by atoms with van der Waals surface area (Å²) in [6, 6.07) is 8.34. The molecule has 0 radical (unpaired) electrons. The predicted molar refractivity (Wildman–Crippen MR) is 105 cm³/mol. The van der Waals surface area contributed by atoms with Gasteiger partial charge in [0.15, 0.2) is 0 Å². The van der Waals surface area contributed by atoms with Crippen LogP contribution in [0.4, 0.5) is 0 Å². The van der Waals surface area contributed by atoms with Crippen LogP contribution < -0.4 is 0 Å². The second-order valence-corrected chi connectivity index (χ2v) is 8.71.